The fourth-order valence-electron chi connectivity index (χ4n) is 1.68. The molecule has 0 N–H and O–H groups in total. The van der Waals surface area contributed by atoms with Crippen LogP contribution >= 0.6 is 23.2 Å². The van der Waals surface area contributed by atoms with Crippen LogP contribution in [0.25, 0.3) is 0 Å². The van der Waals surface area contributed by atoms with Gasteiger partial charge >= 0.3 is 0 Å². The topological polar surface area (TPSA) is 50.3 Å². The average molecular weight is 295 g/mol. The highest BCUT2D eigenvalue weighted by molar-refractivity contribution is 7.91. The molecule has 2 rings (SSSR count). The molecule has 1 aliphatic rings. The Kier molecular flexibility index (Phi) is 3.80. The van der Waals surface area contributed by atoms with Crippen molar-refractivity contribution in [1.29, 1.82) is 0 Å². The number of rotatable bonds is 2. The predicted octanol–water partition coefficient (Wildman–Crippen LogP) is 1.71. The molecule has 1 fully saturated rings. The van der Waals surface area contributed by atoms with Gasteiger partial charge in [0, 0.05) is 13.1 Å². The Labute approximate surface area is 110 Å². The van der Waals surface area contributed by atoms with Crippen molar-refractivity contribution in [2.45, 2.75) is 5.88 Å². The van der Waals surface area contributed by atoms with Gasteiger partial charge in [0.15, 0.2) is 9.84 Å². The van der Waals surface area contributed by atoms with Gasteiger partial charge in [0.05, 0.1) is 28.1 Å². The zero-order valence-electron chi connectivity index (χ0n) is 9.07. The zero-order valence-corrected chi connectivity index (χ0v) is 11.4. The largest absolute Gasteiger partial charge is 0.355 e. The number of alkyl halides is 1. The van der Waals surface area contributed by atoms with Crippen molar-refractivity contribution < 1.29 is 8.42 Å². The molecular weight excluding hydrogens is 283 g/mol. The summed E-state index contributed by atoms with van der Waals surface area (Å²) in [4.78, 5) is 6.27. The average Bonchev–Trinajstić information content (AvgIpc) is 2.30. The molecule has 0 aliphatic carbocycles. The summed E-state index contributed by atoms with van der Waals surface area (Å²) in [5, 5.41) is 0.536. The van der Waals surface area contributed by atoms with E-state index in [2.05, 4.69) is 4.98 Å². The Morgan fingerprint density at radius 3 is 2.53 bits per heavy atom. The summed E-state index contributed by atoms with van der Waals surface area (Å²) in [7, 11) is -2.87. The fraction of sp³-hybridized carbons (Fsp3) is 0.500. The summed E-state index contributed by atoms with van der Waals surface area (Å²) in [6.07, 6.45) is 0. The van der Waals surface area contributed by atoms with Gasteiger partial charge in [0.1, 0.15) is 5.82 Å². The highest BCUT2D eigenvalue weighted by Gasteiger charge is 2.22. The molecule has 1 aliphatic heterocycles. The lowest BCUT2D eigenvalue weighted by molar-refractivity contribution is 0.586. The minimum atomic E-state index is -2.87. The van der Waals surface area contributed by atoms with Crippen molar-refractivity contribution in [3.8, 4) is 0 Å². The van der Waals surface area contributed by atoms with Gasteiger partial charge in [-0.1, -0.05) is 11.6 Å². The molecule has 0 unspecified atom stereocenters. The van der Waals surface area contributed by atoms with Crippen molar-refractivity contribution in [3.63, 3.8) is 0 Å². The van der Waals surface area contributed by atoms with E-state index in [0.717, 1.165) is 5.82 Å². The summed E-state index contributed by atoms with van der Waals surface area (Å²) in [5.74, 6) is 1.33. The summed E-state index contributed by atoms with van der Waals surface area (Å²) < 4.78 is 22.6. The second-order valence-corrected chi connectivity index (χ2v) is 6.85. The van der Waals surface area contributed by atoms with E-state index in [-0.39, 0.29) is 17.4 Å². The van der Waals surface area contributed by atoms with Gasteiger partial charge in [-0.3, -0.25) is 0 Å². The quantitative estimate of drug-likeness (QED) is 0.779. The zero-order chi connectivity index (χ0) is 12.5. The Balaban J connectivity index is 2.19. The van der Waals surface area contributed by atoms with Gasteiger partial charge in [-0.05, 0) is 12.1 Å². The van der Waals surface area contributed by atoms with Crippen molar-refractivity contribution in [2.24, 2.45) is 0 Å². The van der Waals surface area contributed by atoms with E-state index in [9.17, 15) is 8.42 Å². The molecule has 94 valence electrons. The summed E-state index contributed by atoms with van der Waals surface area (Å²) >= 11 is 11.6. The van der Waals surface area contributed by atoms with Gasteiger partial charge in [0.25, 0.3) is 0 Å². The van der Waals surface area contributed by atoms with E-state index in [0.29, 0.717) is 23.8 Å². The van der Waals surface area contributed by atoms with E-state index in [4.69, 9.17) is 23.2 Å². The monoisotopic (exact) mass is 294 g/mol. The van der Waals surface area contributed by atoms with Crippen LogP contribution in [-0.2, 0) is 15.7 Å². The number of hydrogen-bond donors (Lipinski definition) is 0. The fourth-order valence-corrected chi connectivity index (χ4v) is 3.33. The molecule has 1 aromatic heterocycles. The van der Waals surface area contributed by atoms with Crippen molar-refractivity contribution in [2.75, 3.05) is 29.5 Å². The smallest absolute Gasteiger partial charge is 0.153 e. The molecule has 7 heteroatoms. The third-order valence-corrected chi connectivity index (χ3v) is 4.91. The van der Waals surface area contributed by atoms with Gasteiger partial charge < -0.3 is 4.90 Å². The molecule has 0 atom stereocenters. The van der Waals surface area contributed by atoms with E-state index in [1.807, 2.05) is 4.90 Å². The molecule has 0 bridgehead atoms. The van der Waals surface area contributed by atoms with Crippen LogP contribution in [0, 0.1) is 0 Å². The minimum absolute atomic E-state index is 0.174. The molecule has 0 saturated carbocycles. The maximum Gasteiger partial charge on any atom is 0.153 e. The van der Waals surface area contributed by atoms with Crippen molar-refractivity contribution in [3.05, 3.63) is 22.8 Å². The molecule has 0 amide bonds. The van der Waals surface area contributed by atoms with Crippen molar-refractivity contribution >= 4 is 38.9 Å². The minimum Gasteiger partial charge on any atom is -0.355 e. The Morgan fingerprint density at radius 1 is 1.29 bits per heavy atom. The van der Waals surface area contributed by atoms with Crippen LogP contribution in [0.5, 0.6) is 0 Å². The van der Waals surface area contributed by atoms with E-state index < -0.39 is 9.84 Å². The van der Waals surface area contributed by atoms with Crippen LogP contribution in [0.1, 0.15) is 5.69 Å². The summed E-state index contributed by atoms with van der Waals surface area (Å²) in [6.45, 7) is 0.942. The third kappa shape index (κ3) is 3.03. The molecule has 2 heterocycles. The maximum atomic E-state index is 11.3. The first kappa shape index (κ1) is 12.9. The SMILES string of the molecule is O=S1(=O)CCN(c2ccc(Cl)c(CCl)n2)CC1. The second-order valence-electron chi connectivity index (χ2n) is 3.87. The van der Waals surface area contributed by atoms with E-state index in [1.165, 1.54) is 0 Å². The third-order valence-electron chi connectivity index (χ3n) is 2.70. The first-order valence-electron chi connectivity index (χ1n) is 5.18. The van der Waals surface area contributed by atoms with Gasteiger partial charge in [-0.15, -0.1) is 11.6 Å². The first-order valence-corrected chi connectivity index (χ1v) is 7.92. The van der Waals surface area contributed by atoms with Gasteiger partial charge in [0.2, 0.25) is 0 Å². The summed E-state index contributed by atoms with van der Waals surface area (Å²) in [6, 6.07) is 3.53. The molecule has 0 aromatic carbocycles. The number of hydrogen-bond acceptors (Lipinski definition) is 4. The number of sulfone groups is 1. The molecular formula is C10H12Cl2N2O2S. The highest BCUT2D eigenvalue weighted by Crippen LogP contribution is 2.21. The van der Waals surface area contributed by atoms with Gasteiger partial charge in [-0.25, -0.2) is 13.4 Å². The van der Waals surface area contributed by atoms with E-state index in [1.54, 1.807) is 12.1 Å². The number of pyridine rings is 1. The lowest BCUT2D eigenvalue weighted by Crippen LogP contribution is -2.40. The Hall–Kier alpha value is -0.520. The standard InChI is InChI=1S/C10H12Cl2N2O2S/c11-7-9-8(12)1-2-10(13-9)14-3-5-17(15,16)6-4-14/h1-2H,3-7H2. The molecule has 0 radical (unpaired) electrons. The van der Waals surface area contributed by atoms with Crippen molar-refractivity contribution in [1.82, 2.24) is 4.98 Å². The number of aromatic nitrogens is 1. The first-order chi connectivity index (χ1) is 8.02. The summed E-state index contributed by atoms with van der Waals surface area (Å²) in [5.41, 5.74) is 0.624. The normalized spacial score (nSPS) is 19.3. The molecule has 1 saturated heterocycles. The molecule has 1 aromatic rings. The lowest BCUT2D eigenvalue weighted by Gasteiger charge is -2.28. The molecule has 4 nitrogen and oxygen atoms in total. The molecule has 17 heavy (non-hydrogen) atoms. The van der Waals surface area contributed by atoms with Crippen LogP contribution in [0.15, 0.2) is 12.1 Å². The highest BCUT2D eigenvalue weighted by atomic mass is 35.5. The number of nitrogens with zero attached hydrogens (tertiary/aromatic N) is 2. The molecule has 0 spiro atoms. The lowest BCUT2D eigenvalue weighted by atomic mass is 10.3. The van der Waals surface area contributed by atoms with Gasteiger partial charge in [-0.2, -0.15) is 0 Å². The second kappa shape index (κ2) is 5.00. The van der Waals surface area contributed by atoms with Crippen LogP contribution in [0.4, 0.5) is 5.82 Å². The van der Waals surface area contributed by atoms with Crippen LogP contribution in [-0.4, -0.2) is 38.0 Å². The number of halogens is 2. The van der Waals surface area contributed by atoms with Crippen LogP contribution in [0.3, 0.4) is 0 Å². The maximum absolute atomic E-state index is 11.3. The predicted molar refractivity (Wildman–Crippen MR) is 69.7 cm³/mol. The number of anilines is 1. The van der Waals surface area contributed by atoms with Crippen LogP contribution < -0.4 is 4.90 Å². The van der Waals surface area contributed by atoms with E-state index >= 15 is 0 Å². The Bertz CT molecular complexity index is 505. The Morgan fingerprint density at radius 2 is 1.94 bits per heavy atom. The van der Waals surface area contributed by atoms with Crippen LogP contribution in [0.2, 0.25) is 5.02 Å².